The van der Waals surface area contributed by atoms with Crippen LogP contribution in [-0.2, 0) is 0 Å². The predicted octanol–water partition coefficient (Wildman–Crippen LogP) is 3.34. The maximum Gasteiger partial charge on any atom is 0.0263 e. The first-order chi connectivity index (χ1) is 7.47. The number of thioether (sulfide) groups is 3. The summed E-state index contributed by atoms with van der Waals surface area (Å²) in [5.74, 6) is 5.23. The quantitative estimate of drug-likeness (QED) is 0.828. The van der Waals surface area contributed by atoms with Gasteiger partial charge in [0, 0.05) is 45.6 Å². The van der Waals surface area contributed by atoms with Gasteiger partial charge in [0.1, 0.15) is 0 Å². The minimum absolute atomic E-state index is 0.394. The molecular formula is C12H25NS3. The van der Waals surface area contributed by atoms with E-state index in [9.17, 15) is 0 Å². The highest BCUT2D eigenvalue weighted by atomic mass is 32.2. The molecule has 2 unspecified atom stereocenters. The Hall–Kier alpha value is 1.01. The molecule has 1 nitrogen and oxygen atoms in total. The lowest BCUT2D eigenvalue weighted by molar-refractivity contribution is 0.595. The van der Waals surface area contributed by atoms with E-state index in [1.807, 2.05) is 0 Å². The van der Waals surface area contributed by atoms with Gasteiger partial charge in [-0.2, -0.15) is 35.3 Å². The van der Waals surface area contributed by atoms with Crippen molar-refractivity contribution >= 4 is 35.3 Å². The van der Waals surface area contributed by atoms with Crippen LogP contribution in [0.25, 0.3) is 0 Å². The van der Waals surface area contributed by atoms with Crippen LogP contribution in [0.3, 0.4) is 0 Å². The molecule has 0 aromatic rings. The molecule has 0 radical (unpaired) electrons. The first-order valence-electron chi connectivity index (χ1n) is 6.04. The van der Waals surface area contributed by atoms with Crippen molar-refractivity contribution in [3.8, 4) is 0 Å². The van der Waals surface area contributed by atoms with Gasteiger partial charge >= 0.3 is 0 Å². The summed E-state index contributed by atoms with van der Waals surface area (Å²) in [6.07, 6.45) is 0. The average Bonchev–Trinajstić information content (AvgIpc) is 2.24. The summed E-state index contributed by atoms with van der Waals surface area (Å²) in [7, 11) is 0. The van der Waals surface area contributed by atoms with E-state index >= 15 is 0 Å². The second-order valence-electron chi connectivity index (χ2n) is 5.30. The molecule has 1 aliphatic rings. The molecule has 0 amide bonds. The summed E-state index contributed by atoms with van der Waals surface area (Å²) >= 11 is 6.30. The van der Waals surface area contributed by atoms with Crippen LogP contribution in [0.2, 0.25) is 0 Å². The molecule has 0 saturated carbocycles. The molecule has 0 aliphatic carbocycles. The standard InChI is InChI=1S/C12H25NS3/c1-10(8-16-12(2,3)4)13-7-11-9-14-5-6-15-11/h10-11,13H,5-9H2,1-4H3. The van der Waals surface area contributed by atoms with E-state index in [2.05, 4.69) is 68.3 Å². The van der Waals surface area contributed by atoms with Gasteiger partial charge in [-0.25, -0.2) is 0 Å². The van der Waals surface area contributed by atoms with Crippen molar-refractivity contribution in [2.75, 3.05) is 29.6 Å². The summed E-state index contributed by atoms with van der Waals surface area (Å²) in [4.78, 5) is 0. The molecule has 4 heteroatoms. The number of rotatable bonds is 5. The van der Waals surface area contributed by atoms with Gasteiger partial charge in [0.05, 0.1) is 0 Å². The van der Waals surface area contributed by atoms with E-state index in [0.29, 0.717) is 10.8 Å². The minimum Gasteiger partial charge on any atom is -0.312 e. The fourth-order valence-electron chi connectivity index (χ4n) is 1.42. The highest BCUT2D eigenvalue weighted by Gasteiger charge is 2.16. The molecule has 2 atom stereocenters. The average molecular weight is 280 g/mol. The van der Waals surface area contributed by atoms with E-state index in [4.69, 9.17) is 0 Å². The highest BCUT2D eigenvalue weighted by molar-refractivity contribution is 8.06. The van der Waals surface area contributed by atoms with E-state index in [1.54, 1.807) is 0 Å². The van der Waals surface area contributed by atoms with Crippen molar-refractivity contribution in [1.29, 1.82) is 0 Å². The summed E-state index contributed by atoms with van der Waals surface area (Å²) in [5.41, 5.74) is 0. The molecular weight excluding hydrogens is 254 g/mol. The molecule has 96 valence electrons. The number of hydrogen-bond acceptors (Lipinski definition) is 4. The van der Waals surface area contributed by atoms with Crippen LogP contribution in [0.4, 0.5) is 0 Å². The van der Waals surface area contributed by atoms with Gasteiger partial charge in [-0.3, -0.25) is 0 Å². The number of hydrogen-bond donors (Lipinski definition) is 1. The third-order valence-corrected chi connectivity index (χ3v) is 6.72. The first-order valence-corrected chi connectivity index (χ1v) is 9.23. The zero-order valence-corrected chi connectivity index (χ0v) is 13.4. The van der Waals surface area contributed by atoms with E-state index < -0.39 is 0 Å². The van der Waals surface area contributed by atoms with E-state index in [0.717, 1.165) is 5.25 Å². The Morgan fingerprint density at radius 2 is 2.12 bits per heavy atom. The van der Waals surface area contributed by atoms with Crippen LogP contribution in [-0.4, -0.2) is 45.6 Å². The van der Waals surface area contributed by atoms with Gasteiger partial charge < -0.3 is 5.32 Å². The predicted molar refractivity (Wildman–Crippen MR) is 83.2 cm³/mol. The van der Waals surface area contributed by atoms with E-state index in [1.165, 1.54) is 29.6 Å². The van der Waals surface area contributed by atoms with Gasteiger partial charge in [-0.15, -0.1) is 0 Å². The summed E-state index contributed by atoms with van der Waals surface area (Å²) in [6.45, 7) is 10.4. The summed E-state index contributed by atoms with van der Waals surface area (Å²) in [5, 5.41) is 4.50. The zero-order chi connectivity index (χ0) is 12.0. The van der Waals surface area contributed by atoms with Crippen molar-refractivity contribution in [3.05, 3.63) is 0 Å². The fourth-order valence-corrected chi connectivity index (χ4v) is 4.91. The Morgan fingerprint density at radius 3 is 2.69 bits per heavy atom. The van der Waals surface area contributed by atoms with Crippen molar-refractivity contribution in [2.45, 2.75) is 43.7 Å². The highest BCUT2D eigenvalue weighted by Crippen LogP contribution is 2.25. The Balaban J connectivity index is 2.07. The normalized spacial score (nSPS) is 24.4. The Bertz CT molecular complexity index is 185. The lowest BCUT2D eigenvalue weighted by Crippen LogP contribution is -2.36. The third kappa shape index (κ3) is 7.36. The fraction of sp³-hybridized carbons (Fsp3) is 1.00. The van der Waals surface area contributed by atoms with E-state index in [-0.39, 0.29) is 0 Å². The van der Waals surface area contributed by atoms with Crippen LogP contribution in [0.5, 0.6) is 0 Å². The molecule has 16 heavy (non-hydrogen) atoms. The van der Waals surface area contributed by atoms with Gasteiger partial charge in [-0.1, -0.05) is 20.8 Å². The maximum absolute atomic E-state index is 3.67. The minimum atomic E-state index is 0.394. The van der Waals surface area contributed by atoms with Crippen LogP contribution >= 0.6 is 35.3 Å². The second-order valence-corrected chi connectivity index (χ2v) is 9.71. The molecule has 0 spiro atoms. The molecule has 0 bridgehead atoms. The van der Waals surface area contributed by atoms with Crippen LogP contribution in [0.1, 0.15) is 27.7 Å². The van der Waals surface area contributed by atoms with Crippen molar-refractivity contribution in [1.82, 2.24) is 5.32 Å². The lowest BCUT2D eigenvalue weighted by atomic mass is 10.3. The molecule has 1 N–H and O–H groups in total. The Morgan fingerprint density at radius 1 is 1.38 bits per heavy atom. The molecule has 1 fully saturated rings. The Labute approximate surface area is 114 Å². The summed E-state index contributed by atoms with van der Waals surface area (Å²) < 4.78 is 0.394. The molecule has 1 saturated heterocycles. The smallest absolute Gasteiger partial charge is 0.0263 e. The topological polar surface area (TPSA) is 12.0 Å². The first kappa shape index (κ1) is 15.1. The van der Waals surface area contributed by atoms with Crippen molar-refractivity contribution in [2.24, 2.45) is 0 Å². The van der Waals surface area contributed by atoms with Gasteiger partial charge in [0.2, 0.25) is 0 Å². The molecule has 0 aromatic carbocycles. The SMILES string of the molecule is CC(CSC(C)(C)C)NCC1CSCCS1. The molecule has 1 heterocycles. The second kappa shape index (κ2) is 7.45. The third-order valence-electron chi connectivity index (χ3n) is 2.35. The van der Waals surface area contributed by atoms with Gasteiger partial charge in [0.15, 0.2) is 0 Å². The lowest BCUT2D eigenvalue weighted by Gasteiger charge is -2.25. The summed E-state index contributed by atoms with van der Waals surface area (Å²) in [6, 6.07) is 0.636. The molecule has 1 rings (SSSR count). The Kier molecular flexibility index (Phi) is 7.01. The van der Waals surface area contributed by atoms with Crippen LogP contribution in [0.15, 0.2) is 0 Å². The zero-order valence-electron chi connectivity index (χ0n) is 10.9. The molecule has 0 aromatic heterocycles. The van der Waals surface area contributed by atoms with Crippen molar-refractivity contribution in [3.63, 3.8) is 0 Å². The van der Waals surface area contributed by atoms with Crippen molar-refractivity contribution < 1.29 is 0 Å². The van der Waals surface area contributed by atoms with Gasteiger partial charge in [-0.05, 0) is 6.92 Å². The van der Waals surface area contributed by atoms with Gasteiger partial charge in [0.25, 0.3) is 0 Å². The molecule has 1 aliphatic heterocycles. The monoisotopic (exact) mass is 279 g/mol. The maximum atomic E-state index is 3.67. The number of nitrogens with one attached hydrogen (secondary N) is 1. The van der Waals surface area contributed by atoms with Crippen LogP contribution in [0, 0.1) is 0 Å². The largest absolute Gasteiger partial charge is 0.312 e. The van der Waals surface area contributed by atoms with Crippen LogP contribution < -0.4 is 5.32 Å².